The molecule has 3 aliphatic rings. The second-order valence-corrected chi connectivity index (χ2v) is 8.29. The number of aliphatic imine (C=N–C) groups is 1. The lowest BCUT2D eigenvalue weighted by atomic mass is 9.51. The molecule has 0 radical (unpaired) electrons. The molecule has 162 valence electrons. The standard InChI is InChI=1S/C20H36N4O3.HI/c1-4-26-17-12-16(20(17)9-7-10-20)23-19(22-14-18(25)24(2)3)21-13-15-8-5-6-11-27-15;/h15-17H,4-14H2,1-3H3,(H2,21,22,23);1H. The van der Waals surface area contributed by atoms with Gasteiger partial charge in [-0.05, 0) is 45.4 Å². The van der Waals surface area contributed by atoms with Gasteiger partial charge < -0.3 is 25.0 Å². The SMILES string of the molecule is CCOC1CC(NC(=NCC(=O)N(C)C)NCC2CCCCO2)C12CCC2.I. The van der Waals surface area contributed by atoms with Crippen LogP contribution in [0.1, 0.15) is 51.9 Å². The predicted octanol–water partition coefficient (Wildman–Crippen LogP) is 2.14. The highest BCUT2D eigenvalue weighted by Gasteiger charge is 2.59. The number of nitrogens with one attached hydrogen (secondary N) is 2. The molecule has 1 heterocycles. The molecule has 3 unspecified atom stereocenters. The number of carbonyl (C=O) groups is 1. The van der Waals surface area contributed by atoms with E-state index in [-0.39, 0.29) is 47.9 Å². The first kappa shape index (κ1) is 23.7. The molecule has 28 heavy (non-hydrogen) atoms. The Morgan fingerprint density at radius 1 is 1.29 bits per heavy atom. The first-order valence-corrected chi connectivity index (χ1v) is 10.5. The minimum Gasteiger partial charge on any atom is -0.378 e. The van der Waals surface area contributed by atoms with E-state index in [0.717, 1.165) is 45.0 Å². The van der Waals surface area contributed by atoms with E-state index in [2.05, 4.69) is 22.5 Å². The summed E-state index contributed by atoms with van der Waals surface area (Å²) in [5.41, 5.74) is 0.255. The molecule has 3 atom stereocenters. The zero-order valence-electron chi connectivity index (χ0n) is 17.5. The Bertz CT molecular complexity index is 534. The monoisotopic (exact) mass is 508 g/mol. The third-order valence-electron chi connectivity index (χ3n) is 6.39. The van der Waals surface area contributed by atoms with Gasteiger partial charge in [-0.1, -0.05) is 6.42 Å². The van der Waals surface area contributed by atoms with Gasteiger partial charge in [-0.2, -0.15) is 0 Å². The van der Waals surface area contributed by atoms with Crippen molar-refractivity contribution in [3.8, 4) is 0 Å². The molecule has 2 saturated carbocycles. The molecule has 3 fully saturated rings. The fourth-order valence-corrected chi connectivity index (χ4v) is 4.43. The van der Waals surface area contributed by atoms with Gasteiger partial charge in [0.2, 0.25) is 5.91 Å². The third-order valence-corrected chi connectivity index (χ3v) is 6.39. The molecule has 1 saturated heterocycles. The number of likely N-dealkylation sites (N-methyl/N-ethyl adjacent to an activating group) is 1. The summed E-state index contributed by atoms with van der Waals surface area (Å²) in [4.78, 5) is 18.1. The van der Waals surface area contributed by atoms with Crippen LogP contribution in [0.5, 0.6) is 0 Å². The topological polar surface area (TPSA) is 75.2 Å². The summed E-state index contributed by atoms with van der Waals surface area (Å²) < 4.78 is 11.8. The van der Waals surface area contributed by atoms with Crippen LogP contribution in [0.15, 0.2) is 4.99 Å². The average molecular weight is 508 g/mol. The van der Waals surface area contributed by atoms with E-state index in [9.17, 15) is 4.79 Å². The minimum absolute atomic E-state index is 0. The minimum atomic E-state index is 0. The van der Waals surface area contributed by atoms with Gasteiger partial charge in [-0.15, -0.1) is 24.0 Å². The van der Waals surface area contributed by atoms with Crippen LogP contribution >= 0.6 is 24.0 Å². The molecule has 0 aromatic carbocycles. The highest BCUT2D eigenvalue weighted by molar-refractivity contribution is 14.0. The maximum atomic E-state index is 12.0. The van der Waals surface area contributed by atoms with Crippen molar-refractivity contribution in [2.24, 2.45) is 10.4 Å². The lowest BCUT2D eigenvalue weighted by Gasteiger charge is -2.61. The molecule has 8 heteroatoms. The Balaban J connectivity index is 0.00000280. The van der Waals surface area contributed by atoms with Crippen LogP contribution in [-0.4, -0.2) is 75.4 Å². The van der Waals surface area contributed by atoms with Gasteiger partial charge in [0.15, 0.2) is 5.96 Å². The number of rotatable bonds is 7. The Labute approximate surface area is 186 Å². The smallest absolute Gasteiger partial charge is 0.243 e. The molecule has 2 aliphatic carbocycles. The van der Waals surface area contributed by atoms with Crippen molar-refractivity contribution in [1.29, 1.82) is 0 Å². The number of hydrogen-bond donors (Lipinski definition) is 2. The fourth-order valence-electron chi connectivity index (χ4n) is 4.43. The van der Waals surface area contributed by atoms with Gasteiger partial charge in [-0.25, -0.2) is 4.99 Å². The number of carbonyl (C=O) groups excluding carboxylic acids is 1. The Morgan fingerprint density at radius 3 is 2.64 bits per heavy atom. The van der Waals surface area contributed by atoms with E-state index in [1.54, 1.807) is 19.0 Å². The largest absolute Gasteiger partial charge is 0.378 e. The fraction of sp³-hybridized carbons (Fsp3) is 0.900. The number of hydrogen-bond acceptors (Lipinski definition) is 4. The summed E-state index contributed by atoms with van der Waals surface area (Å²) in [5, 5.41) is 7.02. The highest BCUT2D eigenvalue weighted by atomic mass is 127. The second kappa shape index (κ2) is 11.0. The van der Waals surface area contributed by atoms with Crippen LogP contribution in [0.3, 0.4) is 0 Å². The van der Waals surface area contributed by atoms with Crippen molar-refractivity contribution in [3.63, 3.8) is 0 Å². The van der Waals surface area contributed by atoms with E-state index in [1.165, 1.54) is 25.7 Å². The molecule has 0 aromatic heterocycles. The van der Waals surface area contributed by atoms with E-state index >= 15 is 0 Å². The summed E-state index contributed by atoms with van der Waals surface area (Å²) in [6.45, 7) is 4.57. The van der Waals surface area contributed by atoms with Crippen molar-refractivity contribution >= 4 is 35.8 Å². The highest BCUT2D eigenvalue weighted by Crippen LogP contribution is 2.57. The number of guanidine groups is 1. The molecule has 1 spiro atoms. The van der Waals surface area contributed by atoms with Crippen LogP contribution in [0.25, 0.3) is 0 Å². The number of nitrogens with zero attached hydrogens (tertiary/aromatic N) is 2. The normalized spacial score (nSPS) is 28.5. The van der Waals surface area contributed by atoms with Gasteiger partial charge in [0.1, 0.15) is 6.54 Å². The number of ether oxygens (including phenoxy) is 2. The summed E-state index contributed by atoms with van der Waals surface area (Å²) in [7, 11) is 3.52. The molecule has 1 amide bonds. The first-order valence-electron chi connectivity index (χ1n) is 10.5. The molecular weight excluding hydrogens is 471 g/mol. The second-order valence-electron chi connectivity index (χ2n) is 8.29. The van der Waals surface area contributed by atoms with Crippen molar-refractivity contribution in [1.82, 2.24) is 15.5 Å². The summed E-state index contributed by atoms with van der Waals surface area (Å²) in [6, 6.07) is 0.371. The third kappa shape index (κ3) is 5.50. The molecule has 7 nitrogen and oxygen atoms in total. The van der Waals surface area contributed by atoms with Gasteiger partial charge in [0, 0.05) is 45.3 Å². The zero-order chi connectivity index (χ0) is 19.3. The average Bonchev–Trinajstić information content (AvgIpc) is 2.61. The first-order chi connectivity index (χ1) is 13.0. The van der Waals surface area contributed by atoms with Crippen molar-refractivity contribution in [2.75, 3.05) is 40.4 Å². The van der Waals surface area contributed by atoms with Crippen molar-refractivity contribution in [2.45, 2.75) is 70.1 Å². The lowest BCUT2D eigenvalue weighted by molar-refractivity contribution is -0.168. The number of halogens is 1. The van der Waals surface area contributed by atoms with Crippen LogP contribution in [0.4, 0.5) is 0 Å². The maximum absolute atomic E-state index is 12.0. The van der Waals surface area contributed by atoms with Gasteiger partial charge in [-0.3, -0.25) is 4.79 Å². The Morgan fingerprint density at radius 2 is 2.07 bits per heavy atom. The molecule has 0 aromatic rings. The van der Waals surface area contributed by atoms with Gasteiger partial charge in [0.25, 0.3) is 0 Å². The predicted molar refractivity (Wildman–Crippen MR) is 121 cm³/mol. The Kier molecular flexibility index (Phi) is 9.27. The summed E-state index contributed by atoms with van der Waals surface area (Å²) >= 11 is 0. The van der Waals surface area contributed by atoms with Gasteiger partial charge >= 0.3 is 0 Å². The van der Waals surface area contributed by atoms with Crippen LogP contribution in [-0.2, 0) is 14.3 Å². The molecule has 0 bridgehead atoms. The summed E-state index contributed by atoms with van der Waals surface area (Å²) in [6.07, 6.45) is 8.74. The van der Waals surface area contributed by atoms with Crippen molar-refractivity contribution < 1.29 is 14.3 Å². The molecule has 2 N–H and O–H groups in total. The lowest BCUT2D eigenvalue weighted by Crippen LogP contribution is -2.68. The van der Waals surface area contributed by atoms with Crippen LogP contribution < -0.4 is 10.6 Å². The maximum Gasteiger partial charge on any atom is 0.243 e. The van der Waals surface area contributed by atoms with Crippen LogP contribution in [0.2, 0.25) is 0 Å². The summed E-state index contributed by atoms with van der Waals surface area (Å²) in [5.74, 6) is 0.731. The van der Waals surface area contributed by atoms with Gasteiger partial charge in [0.05, 0.1) is 12.2 Å². The van der Waals surface area contributed by atoms with Crippen molar-refractivity contribution in [3.05, 3.63) is 0 Å². The van der Waals surface area contributed by atoms with Crippen LogP contribution in [0, 0.1) is 5.41 Å². The van der Waals surface area contributed by atoms with E-state index in [4.69, 9.17) is 9.47 Å². The zero-order valence-corrected chi connectivity index (χ0v) is 19.9. The molecule has 3 rings (SSSR count). The molecule has 1 aliphatic heterocycles. The van der Waals surface area contributed by atoms with E-state index in [0.29, 0.717) is 12.1 Å². The Hall–Kier alpha value is -0.610. The van der Waals surface area contributed by atoms with E-state index < -0.39 is 0 Å². The molecular formula is C20H37IN4O3. The van der Waals surface area contributed by atoms with E-state index in [1.807, 2.05) is 0 Å². The number of amides is 1. The quantitative estimate of drug-likeness (QED) is 0.313.